The highest BCUT2D eigenvalue weighted by atomic mass is 35.5. The van der Waals surface area contributed by atoms with Gasteiger partial charge in [0.2, 0.25) is 5.91 Å². The van der Waals surface area contributed by atoms with Gasteiger partial charge in [-0.2, -0.15) is 5.10 Å². The van der Waals surface area contributed by atoms with Crippen molar-refractivity contribution in [2.45, 2.75) is 76.8 Å². The van der Waals surface area contributed by atoms with Gasteiger partial charge in [0.15, 0.2) is 0 Å². The number of hydrogen-bond donors (Lipinski definition) is 2. The average molecular weight is 609 g/mol. The Balaban J connectivity index is 1.24. The van der Waals surface area contributed by atoms with Gasteiger partial charge in [-0.15, -0.1) is 0 Å². The van der Waals surface area contributed by atoms with Crippen LogP contribution in [0.25, 0.3) is 5.69 Å². The maximum Gasteiger partial charge on any atom is 0.318 e. The first kappa shape index (κ1) is 29.1. The van der Waals surface area contributed by atoms with Gasteiger partial charge in [0.05, 0.1) is 21.4 Å². The van der Waals surface area contributed by atoms with Crippen molar-refractivity contribution in [1.29, 1.82) is 0 Å². The highest BCUT2D eigenvalue weighted by molar-refractivity contribution is 6.42. The molecule has 4 fully saturated rings. The number of urea groups is 1. The molecular formula is C33H39Cl2N5O2. The fourth-order valence-electron chi connectivity index (χ4n) is 7.58. The summed E-state index contributed by atoms with van der Waals surface area (Å²) in [4.78, 5) is 29.2. The first-order valence-corrected chi connectivity index (χ1v) is 15.7. The van der Waals surface area contributed by atoms with Crippen molar-refractivity contribution in [2.75, 3.05) is 11.9 Å². The first-order valence-electron chi connectivity index (χ1n) is 14.9. The number of nitrogens with one attached hydrogen (secondary N) is 2. The predicted molar refractivity (Wildman–Crippen MR) is 167 cm³/mol. The Morgan fingerprint density at radius 3 is 2.19 bits per heavy atom. The van der Waals surface area contributed by atoms with Gasteiger partial charge >= 0.3 is 6.03 Å². The second-order valence-corrected chi connectivity index (χ2v) is 14.5. The second-order valence-electron chi connectivity index (χ2n) is 13.7. The lowest BCUT2D eigenvalue weighted by molar-refractivity contribution is -0.117. The van der Waals surface area contributed by atoms with Gasteiger partial charge in [0, 0.05) is 23.6 Å². The van der Waals surface area contributed by atoms with Crippen LogP contribution in [0.15, 0.2) is 54.6 Å². The molecule has 42 heavy (non-hydrogen) atoms. The van der Waals surface area contributed by atoms with Gasteiger partial charge in [0.1, 0.15) is 12.4 Å². The van der Waals surface area contributed by atoms with E-state index in [2.05, 4.69) is 31.4 Å². The molecule has 3 amide bonds. The van der Waals surface area contributed by atoms with Crippen LogP contribution in [-0.2, 0) is 16.8 Å². The SMILES string of the molecule is CC(C)(C)c1cc(NC(=O)CN(Cc2ccccc2)C(=O)NC23CC4CC(CC(C4)C2)C3)n(-c2ccc(Cl)c(Cl)c2)n1. The van der Waals surface area contributed by atoms with Crippen molar-refractivity contribution in [1.82, 2.24) is 20.0 Å². The zero-order valence-electron chi connectivity index (χ0n) is 24.5. The lowest BCUT2D eigenvalue weighted by atomic mass is 9.53. The second kappa shape index (κ2) is 11.2. The fraction of sp³-hybridized carbons (Fsp3) is 0.485. The van der Waals surface area contributed by atoms with Gasteiger partial charge in [-0.3, -0.25) is 4.79 Å². The number of aromatic nitrogens is 2. The van der Waals surface area contributed by atoms with Crippen LogP contribution in [-0.4, -0.2) is 38.7 Å². The normalized spacial score (nSPS) is 24.5. The van der Waals surface area contributed by atoms with E-state index >= 15 is 0 Å². The smallest absolute Gasteiger partial charge is 0.318 e. The van der Waals surface area contributed by atoms with Crippen LogP contribution in [0.4, 0.5) is 10.6 Å². The molecule has 3 aromatic rings. The van der Waals surface area contributed by atoms with Crippen LogP contribution in [0.5, 0.6) is 0 Å². The number of benzene rings is 2. The molecule has 0 radical (unpaired) electrons. The molecule has 222 valence electrons. The lowest BCUT2D eigenvalue weighted by Crippen LogP contribution is -2.62. The van der Waals surface area contributed by atoms with Crippen LogP contribution in [0.3, 0.4) is 0 Å². The summed E-state index contributed by atoms with van der Waals surface area (Å²) in [6.07, 6.45) is 7.05. The van der Waals surface area contributed by atoms with Crippen LogP contribution in [0.2, 0.25) is 10.0 Å². The van der Waals surface area contributed by atoms with Gasteiger partial charge < -0.3 is 15.5 Å². The number of halogens is 2. The molecule has 4 aliphatic carbocycles. The van der Waals surface area contributed by atoms with E-state index in [4.69, 9.17) is 28.3 Å². The Labute approximate surface area is 257 Å². The molecule has 1 heterocycles. The Kier molecular flexibility index (Phi) is 7.77. The number of nitrogens with zero attached hydrogens (tertiary/aromatic N) is 3. The summed E-state index contributed by atoms with van der Waals surface area (Å²) in [5.74, 6) is 2.33. The van der Waals surface area contributed by atoms with Crippen molar-refractivity contribution in [3.8, 4) is 5.69 Å². The molecule has 0 unspecified atom stereocenters. The number of carbonyl (C=O) groups is 2. The zero-order chi connectivity index (χ0) is 29.6. The summed E-state index contributed by atoms with van der Waals surface area (Å²) in [6, 6.07) is 16.8. The van der Waals surface area contributed by atoms with E-state index in [1.54, 1.807) is 21.7 Å². The van der Waals surface area contributed by atoms with E-state index in [1.807, 2.05) is 42.5 Å². The largest absolute Gasteiger partial charge is 0.333 e. The molecule has 7 rings (SSSR count). The van der Waals surface area contributed by atoms with E-state index < -0.39 is 0 Å². The number of hydrogen-bond acceptors (Lipinski definition) is 3. The molecule has 2 aromatic carbocycles. The summed E-state index contributed by atoms with van der Waals surface area (Å²) in [5, 5.41) is 12.1. The van der Waals surface area contributed by atoms with Crippen LogP contribution in [0.1, 0.15) is 70.6 Å². The first-order chi connectivity index (χ1) is 20.0. The van der Waals surface area contributed by atoms with Gasteiger partial charge in [-0.25, -0.2) is 9.48 Å². The summed E-state index contributed by atoms with van der Waals surface area (Å²) < 4.78 is 1.66. The third kappa shape index (κ3) is 6.18. The third-order valence-corrected chi connectivity index (χ3v) is 9.88. The summed E-state index contributed by atoms with van der Waals surface area (Å²) in [7, 11) is 0. The van der Waals surface area contributed by atoms with Crippen molar-refractivity contribution >= 4 is 41.0 Å². The molecule has 1 aromatic heterocycles. The molecular weight excluding hydrogens is 569 g/mol. The highest BCUT2D eigenvalue weighted by Gasteiger charge is 2.51. The molecule has 4 bridgehead atoms. The van der Waals surface area contributed by atoms with Crippen molar-refractivity contribution in [3.63, 3.8) is 0 Å². The highest BCUT2D eigenvalue weighted by Crippen LogP contribution is 2.55. The Morgan fingerprint density at radius 2 is 1.60 bits per heavy atom. The minimum absolute atomic E-state index is 0.0928. The van der Waals surface area contributed by atoms with E-state index in [0.29, 0.717) is 45.8 Å². The van der Waals surface area contributed by atoms with Crippen LogP contribution in [0, 0.1) is 17.8 Å². The molecule has 9 heteroatoms. The summed E-state index contributed by atoms with van der Waals surface area (Å²) in [6.45, 7) is 6.44. The van der Waals surface area contributed by atoms with Crippen molar-refractivity contribution in [2.24, 2.45) is 17.8 Å². The average Bonchev–Trinajstić information content (AvgIpc) is 3.34. The Bertz CT molecular complexity index is 1440. The third-order valence-electron chi connectivity index (χ3n) is 9.14. The zero-order valence-corrected chi connectivity index (χ0v) is 26.0. The molecule has 2 N–H and O–H groups in total. The van der Waals surface area contributed by atoms with E-state index in [1.165, 1.54) is 19.3 Å². The number of amides is 3. The maximum atomic E-state index is 13.9. The molecule has 0 spiro atoms. The quantitative estimate of drug-likeness (QED) is 0.290. The maximum absolute atomic E-state index is 13.9. The van der Waals surface area contributed by atoms with E-state index in [0.717, 1.165) is 30.5 Å². The van der Waals surface area contributed by atoms with Crippen LogP contribution >= 0.6 is 23.2 Å². The molecule has 0 aliphatic heterocycles. The van der Waals surface area contributed by atoms with Crippen molar-refractivity contribution < 1.29 is 9.59 Å². The molecule has 4 aliphatic rings. The van der Waals surface area contributed by atoms with Crippen molar-refractivity contribution in [3.05, 3.63) is 75.9 Å². The number of anilines is 1. The van der Waals surface area contributed by atoms with E-state index in [-0.39, 0.29) is 29.4 Å². The number of rotatable bonds is 7. The van der Waals surface area contributed by atoms with Crippen LogP contribution < -0.4 is 10.6 Å². The minimum Gasteiger partial charge on any atom is -0.333 e. The standard InChI is InChI=1S/C33H39Cl2N5O2/c1-32(2,3)28-15-29(40(38-28)25-9-10-26(34)27(35)14-25)36-30(41)20-39(19-21-7-5-4-6-8-21)31(42)37-33-16-22-11-23(17-33)13-24(12-22)18-33/h4-10,14-15,22-24H,11-13,16-20H2,1-3H3,(H,36,41)(H,37,42). The molecule has 7 nitrogen and oxygen atoms in total. The molecule has 0 saturated heterocycles. The molecule has 4 saturated carbocycles. The topological polar surface area (TPSA) is 79.3 Å². The predicted octanol–water partition coefficient (Wildman–Crippen LogP) is 7.60. The van der Waals surface area contributed by atoms with Gasteiger partial charge in [-0.05, 0) is 80.0 Å². The van der Waals surface area contributed by atoms with Gasteiger partial charge in [-0.1, -0.05) is 74.3 Å². The summed E-state index contributed by atoms with van der Waals surface area (Å²) >= 11 is 12.5. The molecule has 0 atom stereocenters. The summed E-state index contributed by atoms with van der Waals surface area (Å²) in [5.41, 5.74) is 2.06. The minimum atomic E-state index is -0.298. The fourth-order valence-corrected chi connectivity index (χ4v) is 7.87. The lowest BCUT2D eigenvalue weighted by Gasteiger charge is -2.57. The number of carbonyl (C=O) groups excluding carboxylic acids is 2. The monoisotopic (exact) mass is 607 g/mol. The van der Waals surface area contributed by atoms with E-state index in [9.17, 15) is 9.59 Å². The Hall–Kier alpha value is -3.03. The van der Waals surface area contributed by atoms with Gasteiger partial charge in [0.25, 0.3) is 0 Å². The Morgan fingerprint density at radius 1 is 0.952 bits per heavy atom.